The van der Waals surface area contributed by atoms with Crippen LogP contribution in [0.15, 0.2) is 16.8 Å². The van der Waals surface area contributed by atoms with Crippen LogP contribution < -0.4 is 10.6 Å². The molecule has 0 spiro atoms. The first kappa shape index (κ1) is 16.3. The zero-order chi connectivity index (χ0) is 15.2. The van der Waals surface area contributed by atoms with Gasteiger partial charge in [0.1, 0.15) is 0 Å². The fourth-order valence-electron chi connectivity index (χ4n) is 2.60. The van der Waals surface area contributed by atoms with Gasteiger partial charge < -0.3 is 20.3 Å². The summed E-state index contributed by atoms with van der Waals surface area (Å²) in [5, 5.41) is 10.1. The second kappa shape index (κ2) is 7.77. The van der Waals surface area contributed by atoms with Crippen molar-refractivity contribution in [3.05, 3.63) is 22.4 Å². The lowest BCUT2D eigenvalue weighted by molar-refractivity contribution is 0.0859. The summed E-state index contributed by atoms with van der Waals surface area (Å²) in [4.78, 5) is 14.1. The molecular weight excluding hydrogens is 286 g/mol. The number of nitrogens with zero attached hydrogens (tertiary/aromatic N) is 1. The van der Waals surface area contributed by atoms with Crippen LogP contribution in [-0.4, -0.2) is 50.3 Å². The highest BCUT2D eigenvalue weighted by Gasteiger charge is 2.24. The maximum absolute atomic E-state index is 12.0. The Kier molecular flexibility index (Phi) is 6.02. The minimum absolute atomic E-state index is 0.0476. The number of hydrogen-bond acceptors (Lipinski definition) is 4. The standard InChI is InChI=1S/C15H25N3O2S/c1-11(14-5-4-7-20-14)17-15(19)16-9-13(18(2)3)12-6-8-21-10-12/h6,8,10-11,13-14H,4-5,7,9H2,1-3H3,(H2,16,17,19). The average molecular weight is 311 g/mol. The fraction of sp³-hybridized carbons (Fsp3) is 0.667. The van der Waals surface area contributed by atoms with Crippen molar-refractivity contribution in [2.24, 2.45) is 0 Å². The Labute approximate surface area is 130 Å². The summed E-state index contributed by atoms with van der Waals surface area (Å²) in [7, 11) is 4.05. The summed E-state index contributed by atoms with van der Waals surface area (Å²) in [6.07, 6.45) is 2.26. The fourth-order valence-corrected chi connectivity index (χ4v) is 3.31. The van der Waals surface area contributed by atoms with E-state index in [4.69, 9.17) is 4.74 Å². The molecule has 5 nitrogen and oxygen atoms in total. The molecule has 3 unspecified atom stereocenters. The van der Waals surface area contributed by atoms with Gasteiger partial charge in [0.15, 0.2) is 0 Å². The lowest BCUT2D eigenvalue weighted by Gasteiger charge is -2.25. The topological polar surface area (TPSA) is 53.6 Å². The van der Waals surface area contributed by atoms with Crippen molar-refractivity contribution in [1.82, 2.24) is 15.5 Å². The molecule has 1 saturated heterocycles. The van der Waals surface area contributed by atoms with Crippen LogP contribution in [0.2, 0.25) is 0 Å². The van der Waals surface area contributed by atoms with E-state index in [0.29, 0.717) is 6.54 Å². The molecular formula is C15H25N3O2S. The van der Waals surface area contributed by atoms with Gasteiger partial charge in [0, 0.05) is 13.2 Å². The summed E-state index contributed by atoms with van der Waals surface area (Å²) in [6, 6.07) is 2.22. The van der Waals surface area contributed by atoms with E-state index in [2.05, 4.69) is 32.4 Å². The van der Waals surface area contributed by atoms with E-state index in [-0.39, 0.29) is 24.2 Å². The molecule has 1 aliphatic rings. The first-order chi connectivity index (χ1) is 10.1. The van der Waals surface area contributed by atoms with Crippen LogP contribution in [0.4, 0.5) is 4.79 Å². The molecule has 3 atom stereocenters. The number of nitrogens with one attached hydrogen (secondary N) is 2. The Balaban J connectivity index is 1.79. The Morgan fingerprint density at radius 2 is 2.38 bits per heavy atom. The average Bonchev–Trinajstić information content (AvgIpc) is 3.12. The third-order valence-corrected chi connectivity index (χ3v) is 4.59. The first-order valence-corrected chi connectivity index (χ1v) is 8.36. The highest BCUT2D eigenvalue weighted by Crippen LogP contribution is 2.20. The summed E-state index contributed by atoms with van der Waals surface area (Å²) in [5.74, 6) is 0. The molecule has 0 aromatic carbocycles. The van der Waals surface area contributed by atoms with Crippen LogP contribution in [0.3, 0.4) is 0 Å². The van der Waals surface area contributed by atoms with Crippen molar-refractivity contribution in [3.8, 4) is 0 Å². The number of urea groups is 1. The number of amides is 2. The van der Waals surface area contributed by atoms with Crippen molar-refractivity contribution in [2.75, 3.05) is 27.2 Å². The highest BCUT2D eigenvalue weighted by molar-refractivity contribution is 7.07. The molecule has 0 bridgehead atoms. The molecule has 2 N–H and O–H groups in total. The van der Waals surface area contributed by atoms with Crippen LogP contribution in [0.1, 0.15) is 31.4 Å². The SMILES string of the molecule is CC(NC(=O)NCC(c1ccsc1)N(C)C)C1CCCO1. The number of hydrogen-bond donors (Lipinski definition) is 2. The Hall–Kier alpha value is -1.11. The van der Waals surface area contributed by atoms with Gasteiger partial charge in [0.05, 0.1) is 18.2 Å². The lowest BCUT2D eigenvalue weighted by atomic mass is 10.1. The predicted octanol–water partition coefficient (Wildman–Crippen LogP) is 2.22. The molecule has 2 amide bonds. The molecule has 2 rings (SSSR count). The Morgan fingerprint density at radius 1 is 1.57 bits per heavy atom. The van der Waals surface area contributed by atoms with E-state index < -0.39 is 0 Å². The molecule has 21 heavy (non-hydrogen) atoms. The molecule has 2 heterocycles. The second-order valence-electron chi connectivity index (χ2n) is 5.73. The number of carbonyl (C=O) groups excluding carboxylic acids is 1. The van der Waals surface area contributed by atoms with Gasteiger partial charge in [-0.25, -0.2) is 4.79 Å². The number of ether oxygens (including phenoxy) is 1. The number of rotatable bonds is 6. The summed E-state index contributed by atoms with van der Waals surface area (Å²) in [5.41, 5.74) is 1.23. The normalized spacial score (nSPS) is 21.2. The molecule has 6 heteroatoms. The van der Waals surface area contributed by atoms with Crippen molar-refractivity contribution < 1.29 is 9.53 Å². The number of thiophene rings is 1. The maximum atomic E-state index is 12.0. The molecule has 118 valence electrons. The Morgan fingerprint density at radius 3 is 2.95 bits per heavy atom. The van der Waals surface area contributed by atoms with Gasteiger partial charge >= 0.3 is 6.03 Å². The third-order valence-electron chi connectivity index (χ3n) is 3.89. The summed E-state index contributed by atoms with van der Waals surface area (Å²) < 4.78 is 5.59. The lowest BCUT2D eigenvalue weighted by Crippen LogP contribution is -2.47. The maximum Gasteiger partial charge on any atom is 0.315 e. The van der Waals surface area contributed by atoms with E-state index in [9.17, 15) is 4.79 Å². The monoisotopic (exact) mass is 311 g/mol. The van der Waals surface area contributed by atoms with Gasteiger partial charge in [-0.1, -0.05) is 0 Å². The van der Waals surface area contributed by atoms with Gasteiger partial charge in [0.2, 0.25) is 0 Å². The largest absolute Gasteiger partial charge is 0.376 e. The van der Waals surface area contributed by atoms with Gasteiger partial charge in [-0.15, -0.1) is 0 Å². The van der Waals surface area contributed by atoms with Crippen LogP contribution in [-0.2, 0) is 4.74 Å². The minimum Gasteiger partial charge on any atom is -0.376 e. The van der Waals surface area contributed by atoms with Crippen LogP contribution in [0, 0.1) is 0 Å². The van der Waals surface area contributed by atoms with E-state index >= 15 is 0 Å². The molecule has 0 radical (unpaired) electrons. The molecule has 1 aromatic rings. The minimum atomic E-state index is -0.125. The zero-order valence-corrected chi connectivity index (χ0v) is 13.8. The van der Waals surface area contributed by atoms with Crippen LogP contribution >= 0.6 is 11.3 Å². The highest BCUT2D eigenvalue weighted by atomic mass is 32.1. The number of likely N-dealkylation sites (N-methyl/N-ethyl adjacent to an activating group) is 1. The van der Waals surface area contributed by atoms with Crippen molar-refractivity contribution in [3.63, 3.8) is 0 Å². The quantitative estimate of drug-likeness (QED) is 0.847. The summed E-state index contributed by atoms with van der Waals surface area (Å²) >= 11 is 1.68. The molecule has 1 aromatic heterocycles. The molecule has 0 aliphatic carbocycles. The van der Waals surface area contributed by atoms with Gasteiger partial charge in [0.25, 0.3) is 0 Å². The van der Waals surface area contributed by atoms with Gasteiger partial charge in [-0.2, -0.15) is 11.3 Å². The van der Waals surface area contributed by atoms with E-state index in [1.54, 1.807) is 11.3 Å². The zero-order valence-electron chi connectivity index (χ0n) is 13.0. The molecule has 1 fully saturated rings. The third kappa shape index (κ3) is 4.69. The van der Waals surface area contributed by atoms with E-state index in [0.717, 1.165) is 19.4 Å². The molecule has 0 saturated carbocycles. The van der Waals surface area contributed by atoms with Gasteiger partial charge in [-0.05, 0) is 56.3 Å². The van der Waals surface area contributed by atoms with Crippen LogP contribution in [0.25, 0.3) is 0 Å². The molecule has 1 aliphatic heterocycles. The van der Waals surface area contributed by atoms with Crippen molar-refractivity contribution in [2.45, 2.75) is 38.0 Å². The van der Waals surface area contributed by atoms with Crippen molar-refractivity contribution in [1.29, 1.82) is 0 Å². The predicted molar refractivity (Wildman–Crippen MR) is 85.7 cm³/mol. The van der Waals surface area contributed by atoms with E-state index in [1.807, 2.05) is 21.0 Å². The van der Waals surface area contributed by atoms with Gasteiger partial charge in [-0.3, -0.25) is 0 Å². The number of carbonyl (C=O) groups is 1. The second-order valence-corrected chi connectivity index (χ2v) is 6.51. The Bertz CT molecular complexity index is 430. The smallest absolute Gasteiger partial charge is 0.315 e. The summed E-state index contributed by atoms with van der Waals surface area (Å²) in [6.45, 7) is 3.39. The van der Waals surface area contributed by atoms with Crippen LogP contribution in [0.5, 0.6) is 0 Å². The van der Waals surface area contributed by atoms with Crippen molar-refractivity contribution >= 4 is 17.4 Å². The van der Waals surface area contributed by atoms with E-state index in [1.165, 1.54) is 5.56 Å². The first-order valence-electron chi connectivity index (χ1n) is 7.42.